The van der Waals surface area contributed by atoms with Crippen molar-refractivity contribution in [1.29, 1.82) is 0 Å². The Morgan fingerprint density at radius 3 is 2.59 bits per heavy atom. The Kier molecular flexibility index (Phi) is 7.44. The molecule has 0 bridgehead atoms. The first-order valence-corrected chi connectivity index (χ1v) is 12.8. The number of aromatic amines is 1. The number of aromatic nitrogens is 7. The van der Waals surface area contributed by atoms with Crippen LogP contribution >= 0.6 is 0 Å². The van der Waals surface area contributed by atoms with E-state index in [4.69, 9.17) is 4.74 Å². The number of aryl methyl sites for hydroxylation is 1. The zero-order chi connectivity index (χ0) is 27.4. The highest BCUT2D eigenvalue weighted by Gasteiger charge is 2.20. The predicted molar refractivity (Wildman–Crippen MR) is 147 cm³/mol. The van der Waals surface area contributed by atoms with Crippen molar-refractivity contribution >= 4 is 5.78 Å². The van der Waals surface area contributed by atoms with Gasteiger partial charge in [0.1, 0.15) is 11.4 Å². The van der Waals surface area contributed by atoms with Gasteiger partial charge in [-0.2, -0.15) is 5.21 Å². The van der Waals surface area contributed by atoms with Gasteiger partial charge in [-0.3, -0.25) is 18.9 Å². The minimum atomic E-state index is -0.217. The van der Waals surface area contributed by atoms with E-state index in [9.17, 15) is 9.59 Å². The molecule has 0 saturated heterocycles. The third-order valence-corrected chi connectivity index (χ3v) is 6.70. The number of nitrogens with one attached hydrogen (secondary N) is 1. The summed E-state index contributed by atoms with van der Waals surface area (Å²) in [7, 11) is 1.54. The van der Waals surface area contributed by atoms with E-state index in [1.165, 1.54) is 14.0 Å². The number of unbranched alkanes of at least 4 members (excludes halogenated alkanes) is 1. The zero-order valence-corrected chi connectivity index (χ0v) is 22.1. The van der Waals surface area contributed by atoms with E-state index >= 15 is 0 Å². The van der Waals surface area contributed by atoms with Gasteiger partial charge in [0.05, 0.1) is 13.7 Å². The SMILES string of the molecule is CCCCc1cn(-c2c(OC)cccc2C(C)=O)c(=O)n1Cc1ccc(-c2ccncc2-c2nn[nH]n2)cc1. The summed E-state index contributed by atoms with van der Waals surface area (Å²) >= 11 is 0. The zero-order valence-electron chi connectivity index (χ0n) is 22.1. The highest BCUT2D eigenvalue weighted by molar-refractivity contribution is 5.98. The van der Waals surface area contributed by atoms with E-state index in [0.717, 1.165) is 47.2 Å². The van der Waals surface area contributed by atoms with Gasteiger partial charge in [0.25, 0.3) is 0 Å². The fourth-order valence-electron chi connectivity index (χ4n) is 4.71. The van der Waals surface area contributed by atoms with E-state index in [-0.39, 0.29) is 11.5 Å². The maximum atomic E-state index is 13.8. The third-order valence-electron chi connectivity index (χ3n) is 6.70. The van der Waals surface area contributed by atoms with Crippen molar-refractivity contribution < 1.29 is 9.53 Å². The second kappa shape index (κ2) is 11.3. The Balaban J connectivity index is 1.53. The average Bonchev–Trinajstić information content (AvgIpc) is 3.61. The molecule has 0 fully saturated rings. The van der Waals surface area contributed by atoms with Gasteiger partial charge < -0.3 is 4.74 Å². The van der Waals surface area contributed by atoms with Crippen LogP contribution in [0, 0.1) is 0 Å². The normalized spacial score (nSPS) is 11.1. The predicted octanol–water partition coefficient (Wildman–Crippen LogP) is 4.48. The van der Waals surface area contributed by atoms with Crippen LogP contribution in [-0.4, -0.2) is 47.6 Å². The number of carbonyl (C=O) groups is 1. The van der Waals surface area contributed by atoms with E-state index in [2.05, 4.69) is 32.5 Å². The van der Waals surface area contributed by atoms with Crippen molar-refractivity contribution in [3.8, 4) is 34.0 Å². The maximum Gasteiger partial charge on any atom is 0.333 e. The van der Waals surface area contributed by atoms with Crippen LogP contribution in [0.5, 0.6) is 5.75 Å². The Morgan fingerprint density at radius 1 is 1.08 bits per heavy atom. The van der Waals surface area contributed by atoms with Gasteiger partial charge in [-0.05, 0) is 59.9 Å². The lowest BCUT2D eigenvalue weighted by atomic mass is 10.00. The number of H-pyrrole nitrogens is 1. The Labute approximate surface area is 225 Å². The van der Waals surface area contributed by atoms with Gasteiger partial charge >= 0.3 is 5.69 Å². The minimum Gasteiger partial charge on any atom is -0.495 e. The van der Waals surface area contributed by atoms with Gasteiger partial charge in [0.2, 0.25) is 5.82 Å². The summed E-state index contributed by atoms with van der Waals surface area (Å²) in [5.41, 5.74) is 5.23. The lowest BCUT2D eigenvalue weighted by Gasteiger charge is -2.12. The van der Waals surface area contributed by atoms with Gasteiger partial charge in [-0.15, -0.1) is 10.2 Å². The van der Waals surface area contributed by atoms with Gasteiger partial charge in [0, 0.05) is 35.4 Å². The molecule has 0 aliphatic rings. The molecule has 0 amide bonds. The molecule has 3 heterocycles. The van der Waals surface area contributed by atoms with Gasteiger partial charge in [0.15, 0.2) is 5.78 Å². The number of tetrazole rings is 1. The van der Waals surface area contributed by atoms with Crippen LogP contribution in [0.25, 0.3) is 28.2 Å². The van der Waals surface area contributed by atoms with E-state index < -0.39 is 0 Å². The number of methoxy groups -OCH3 is 1. The number of hydrogen-bond donors (Lipinski definition) is 1. The molecule has 0 unspecified atom stereocenters. The number of para-hydroxylation sites is 1. The molecule has 10 heteroatoms. The topological polar surface area (TPSA) is 121 Å². The lowest BCUT2D eigenvalue weighted by molar-refractivity contribution is 0.101. The molecular weight excluding hydrogens is 494 g/mol. The van der Waals surface area contributed by atoms with Gasteiger partial charge in [-0.25, -0.2) is 4.79 Å². The summed E-state index contributed by atoms with van der Waals surface area (Å²) in [5.74, 6) is 0.811. The molecule has 0 radical (unpaired) electrons. The van der Waals surface area contributed by atoms with E-state index in [1.807, 2.05) is 36.5 Å². The molecule has 0 atom stereocenters. The van der Waals surface area contributed by atoms with Crippen molar-refractivity contribution in [3.63, 3.8) is 0 Å². The highest BCUT2D eigenvalue weighted by Crippen LogP contribution is 2.30. The largest absolute Gasteiger partial charge is 0.495 e. The van der Waals surface area contributed by atoms with Crippen molar-refractivity contribution in [2.75, 3.05) is 7.11 Å². The molecule has 0 aliphatic heterocycles. The monoisotopic (exact) mass is 523 g/mol. The number of imidazole rings is 1. The second-order valence-electron chi connectivity index (χ2n) is 9.23. The van der Waals surface area contributed by atoms with E-state index in [1.54, 1.807) is 39.7 Å². The van der Waals surface area contributed by atoms with Crippen LogP contribution in [0.3, 0.4) is 0 Å². The molecule has 1 N–H and O–H groups in total. The number of ketones is 1. The van der Waals surface area contributed by atoms with Crippen LogP contribution in [0.4, 0.5) is 0 Å². The standard InChI is InChI=1S/C29H29N7O3/c1-4-5-7-22-18-36(27-23(19(2)37)8-6-9-26(27)39-3)29(38)35(22)17-20-10-12-21(13-11-20)24-14-15-30-16-25(24)28-31-33-34-32-28/h6,8-16,18H,4-5,7,17H2,1-3H3,(H,31,32,33,34). The number of pyridine rings is 1. The molecule has 5 aromatic rings. The minimum absolute atomic E-state index is 0.134. The van der Waals surface area contributed by atoms with E-state index in [0.29, 0.717) is 29.4 Å². The quantitative estimate of drug-likeness (QED) is 0.268. The fraction of sp³-hybridized carbons (Fsp3) is 0.241. The molecule has 0 aliphatic carbocycles. The van der Waals surface area contributed by atoms with Gasteiger partial charge in [-0.1, -0.05) is 43.7 Å². The Morgan fingerprint density at radius 2 is 1.90 bits per heavy atom. The molecule has 198 valence electrons. The number of hydrogen-bond acceptors (Lipinski definition) is 7. The number of rotatable bonds is 10. The first kappa shape index (κ1) is 25.8. The molecule has 3 aromatic heterocycles. The summed E-state index contributed by atoms with van der Waals surface area (Å²) in [4.78, 5) is 30.4. The molecule has 0 spiro atoms. The average molecular weight is 524 g/mol. The fourth-order valence-corrected chi connectivity index (χ4v) is 4.71. The van der Waals surface area contributed by atoms with Crippen molar-refractivity contribution in [1.82, 2.24) is 34.7 Å². The smallest absolute Gasteiger partial charge is 0.333 e. The molecule has 0 saturated carbocycles. The number of Topliss-reactive ketones (excluding diaryl/α,β-unsaturated/α-hetero) is 1. The van der Waals surface area contributed by atoms with Crippen LogP contribution in [0.1, 0.15) is 48.3 Å². The lowest BCUT2D eigenvalue weighted by Crippen LogP contribution is -2.26. The molecule has 39 heavy (non-hydrogen) atoms. The highest BCUT2D eigenvalue weighted by atomic mass is 16.5. The summed E-state index contributed by atoms with van der Waals surface area (Å²) in [6, 6.07) is 15.2. The summed E-state index contributed by atoms with van der Waals surface area (Å²) in [5, 5.41) is 14.3. The summed E-state index contributed by atoms with van der Waals surface area (Å²) in [6.45, 7) is 4.00. The first-order chi connectivity index (χ1) is 19.0. The molecule has 5 rings (SSSR count). The number of nitrogens with zero attached hydrogens (tertiary/aromatic N) is 6. The van der Waals surface area contributed by atoms with Crippen LogP contribution < -0.4 is 10.4 Å². The summed E-state index contributed by atoms with van der Waals surface area (Å²) in [6.07, 6.45) is 7.95. The van der Waals surface area contributed by atoms with Crippen LogP contribution in [0.15, 0.2) is 71.9 Å². The van der Waals surface area contributed by atoms with Crippen LogP contribution in [-0.2, 0) is 13.0 Å². The summed E-state index contributed by atoms with van der Waals surface area (Å²) < 4.78 is 8.87. The van der Waals surface area contributed by atoms with Crippen molar-refractivity contribution in [2.24, 2.45) is 0 Å². The third kappa shape index (κ3) is 5.13. The number of benzene rings is 2. The van der Waals surface area contributed by atoms with Crippen molar-refractivity contribution in [2.45, 2.75) is 39.7 Å². The number of carbonyl (C=O) groups excluding carboxylic acids is 1. The second-order valence-corrected chi connectivity index (χ2v) is 9.23. The molecular formula is C29H29N7O3. The molecule has 2 aromatic carbocycles. The van der Waals surface area contributed by atoms with Crippen LogP contribution in [0.2, 0.25) is 0 Å². The van der Waals surface area contributed by atoms with Crippen molar-refractivity contribution in [3.05, 3.63) is 94.4 Å². The first-order valence-electron chi connectivity index (χ1n) is 12.8. The Bertz CT molecular complexity index is 1650. The number of ether oxygens (including phenoxy) is 1. The Hall–Kier alpha value is -4.86. The molecule has 10 nitrogen and oxygen atoms in total. The maximum absolute atomic E-state index is 13.8.